The van der Waals surface area contributed by atoms with Crippen molar-refractivity contribution in [3.63, 3.8) is 0 Å². The molecule has 0 saturated heterocycles. The van der Waals surface area contributed by atoms with Crippen LogP contribution < -0.4 is 10.6 Å². The minimum atomic E-state index is -0.136. The van der Waals surface area contributed by atoms with Gasteiger partial charge in [0.1, 0.15) is 0 Å². The number of hydrogen-bond donors (Lipinski definition) is 2. The van der Waals surface area contributed by atoms with Gasteiger partial charge in [0.2, 0.25) is 0 Å². The third kappa shape index (κ3) is 3.04. The minimum Gasteiger partial charge on any atom is -0.372 e. The van der Waals surface area contributed by atoms with Gasteiger partial charge in [-0.1, -0.05) is 48.0 Å². The van der Waals surface area contributed by atoms with Crippen LogP contribution in [0.2, 0.25) is 0 Å². The Labute approximate surface area is 169 Å². The molecule has 0 amide bonds. The Balaban J connectivity index is 1.62. The molecule has 4 heteroatoms. The first-order valence-corrected chi connectivity index (χ1v) is 10.6. The van der Waals surface area contributed by atoms with Gasteiger partial charge >= 0.3 is 0 Å². The molecule has 0 saturated carbocycles. The molecular formula is C24H22N2OS. The van der Waals surface area contributed by atoms with E-state index in [0.29, 0.717) is 6.42 Å². The number of rotatable bonds is 2. The number of carbonyl (C=O) groups excluding carboxylic acids is 1. The van der Waals surface area contributed by atoms with Gasteiger partial charge in [-0.05, 0) is 42.5 Å². The van der Waals surface area contributed by atoms with E-state index in [1.165, 1.54) is 10.4 Å². The SMILES string of the molecule is Cc1ccc([C@@H]2Nc3ccccc3NC3=C2C(=O)C[C@H](c2cccs2)C3)cc1. The summed E-state index contributed by atoms with van der Waals surface area (Å²) in [7, 11) is 0. The molecule has 1 aromatic heterocycles. The minimum absolute atomic E-state index is 0.136. The van der Waals surface area contributed by atoms with Crippen molar-refractivity contribution in [3.8, 4) is 0 Å². The number of allylic oxidation sites excluding steroid dienone is 1. The molecule has 0 fully saturated rings. The van der Waals surface area contributed by atoms with E-state index in [2.05, 4.69) is 71.5 Å². The highest BCUT2D eigenvalue weighted by atomic mass is 32.1. The smallest absolute Gasteiger partial charge is 0.163 e. The van der Waals surface area contributed by atoms with Gasteiger partial charge < -0.3 is 10.6 Å². The summed E-state index contributed by atoms with van der Waals surface area (Å²) in [6.45, 7) is 2.09. The zero-order valence-electron chi connectivity index (χ0n) is 15.7. The predicted molar refractivity (Wildman–Crippen MR) is 116 cm³/mol. The summed E-state index contributed by atoms with van der Waals surface area (Å²) in [4.78, 5) is 14.6. The summed E-state index contributed by atoms with van der Waals surface area (Å²) in [5.41, 5.74) is 6.34. The summed E-state index contributed by atoms with van der Waals surface area (Å²) in [6, 6.07) is 20.8. The third-order valence-electron chi connectivity index (χ3n) is 5.67. The molecule has 2 N–H and O–H groups in total. The normalized spacial score (nSPS) is 21.2. The van der Waals surface area contributed by atoms with Gasteiger partial charge in [0, 0.05) is 28.5 Å². The number of fused-ring (bicyclic) bond motifs is 1. The van der Waals surface area contributed by atoms with Crippen LogP contribution in [-0.2, 0) is 4.79 Å². The maximum Gasteiger partial charge on any atom is 0.163 e. The molecule has 2 atom stereocenters. The molecule has 3 aromatic rings. The lowest BCUT2D eigenvalue weighted by atomic mass is 9.80. The van der Waals surface area contributed by atoms with Crippen LogP contribution in [0.5, 0.6) is 0 Å². The number of hydrogen-bond acceptors (Lipinski definition) is 4. The van der Waals surface area contributed by atoms with Gasteiger partial charge in [-0.25, -0.2) is 0 Å². The molecule has 3 nitrogen and oxygen atoms in total. The van der Waals surface area contributed by atoms with Crippen molar-refractivity contribution in [3.05, 3.63) is 93.3 Å². The van der Waals surface area contributed by atoms with E-state index >= 15 is 0 Å². The highest BCUT2D eigenvalue weighted by Gasteiger charge is 2.36. The lowest BCUT2D eigenvalue weighted by molar-refractivity contribution is -0.116. The van der Waals surface area contributed by atoms with E-state index < -0.39 is 0 Å². The summed E-state index contributed by atoms with van der Waals surface area (Å²) in [6.07, 6.45) is 1.43. The summed E-state index contributed by atoms with van der Waals surface area (Å²) in [5, 5.41) is 9.33. The van der Waals surface area contributed by atoms with Gasteiger partial charge in [-0.3, -0.25) is 4.79 Å². The van der Waals surface area contributed by atoms with Gasteiger partial charge in [0.05, 0.1) is 17.4 Å². The summed E-state index contributed by atoms with van der Waals surface area (Å²) in [5.74, 6) is 0.487. The molecule has 0 unspecified atom stereocenters. The van der Waals surface area contributed by atoms with Gasteiger partial charge in [-0.15, -0.1) is 11.3 Å². The van der Waals surface area contributed by atoms with E-state index in [4.69, 9.17) is 0 Å². The maximum absolute atomic E-state index is 13.4. The van der Waals surface area contributed by atoms with Crippen LogP contribution in [0.4, 0.5) is 11.4 Å². The monoisotopic (exact) mass is 386 g/mol. The lowest BCUT2D eigenvalue weighted by Crippen LogP contribution is -2.26. The fourth-order valence-electron chi connectivity index (χ4n) is 4.23. The Hall–Kier alpha value is -2.85. The van der Waals surface area contributed by atoms with E-state index in [1.807, 2.05) is 12.1 Å². The second kappa shape index (κ2) is 6.95. The Morgan fingerprint density at radius 1 is 0.929 bits per heavy atom. The Morgan fingerprint density at radius 3 is 2.46 bits per heavy atom. The van der Waals surface area contributed by atoms with E-state index in [0.717, 1.165) is 34.6 Å². The van der Waals surface area contributed by atoms with Crippen LogP contribution >= 0.6 is 11.3 Å². The summed E-state index contributed by atoms with van der Waals surface area (Å²) < 4.78 is 0. The highest BCUT2D eigenvalue weighted by molar-refractivity contribution is 7.10. The topological polar surface area (TPSA) is 41.1 Å². The first-order valence-electron chi connectivity index (χ1n) is 9.68. The molecule has 140 valence electrons. The van der Waals surface area contributed by atoms with Crippen molar-refractivity contribution >= 4 is 28.5 Å². The van der Waals surface area contributed by atoms with Crippen molar-refractivity contribution in [1.82, 2.24) is 0 Å². The van der Waals surface area contributed by atoms with Gasteiger partial charge in [0.15, 0.2) is 5.78 Å². The predicted octanol–water partition coefficient (Wildman–Crippen LogP) is 6.04. The van der Waals surface area contributed by atoms with E-state index in [1.54, 1.807) is 11.3 Å². The van der Waals surface area contributed by atoms with Crippen LogP contribution in [0.3, 0.4) is 0 Å². The number of carbonyl (C=O) groups is 1. The largest absolute Gasteiger partial charge is 0.372 e. The quantitative estimate of drug-likeness (QED) is 0.564. The number of ketones is 1. The second-order valence-corrected chi connectivity index (χ2v) is 8.57. The molecular weight excluding hydrogens is 364 g/mol. The molecule has 1 aliphatic heterocycles. The van der Waals surface area contributed by atoms with Crippen LogP contribution in [0.25, 0.3) is 0 Å². The van der Waals surface area contributed by atoms with Crippen molar-refractivity contribution < 1.29 is 4.79 Å². The number of Topliss-reactive ketones (excluding diaryl/α,β-unsaturated/α-hetero) is 1. The fourth-order valence-corrected chi connectivity index (χ4v) is 5.06. The number of benzene rings is 2. The van der Waals surface area contributed by atoms with Crippen LogP contribution in [0, 0.1) is 6.92 Å². The zero-order valence-corrected chi connectivity index (χ0v) is 16.6. The maximum atomic E-state index is 13.4. The number of anilines is 2. The summed E-state index contributed by atoms with van der Waals surface area (Å²) >= 11 is 1.74. The Bertz CT molecular complexity index is 1050. The van der Waals surface area contributed by atoms with Gasteiger partial charge in [0.25, 0.3) is 0 Å². The zero-order chi connectivity index (χ0) is 19.1. The molecule has 2 aliphatic rings. The average Bonchev–Trinajstić information content (AvgIpc) is 3.18. The van der Waals surface area contributed by atoms with Crippen molar-refractivity contribution in [2.75, 3.05) is 10.6 Å². The van der Waals surface area contributed by atoms with Crippen molar-refractivity contribution in [2.45, 2.75) is 31.7 Å². The standard InChI is InChI=1S/C24H22N2OS/c1-15-8-10-16(11-9-15)24-23-20(25-18-5-2-3-6-19(18)26-24)13-17(14-21(23)27)22-7-4-12-28-22/h2-12,17,24-26H,13-14H2,1H3/t17-,24+/m1/s1. The highest BCUT2D eigenvalue weighted by Crippen LogP contribution is 2.44. The molecule has 2 aromatic carbocycles. The average molecular weight is 387 g/mol. The molecule has 0 spiro atoms. The molecule has 1 aliphatic carbocycles. The lowest BCUT2D eigenvalue weighted by Gasteiger charge is -2.29. The molecule has 0 radical (unpaired) electrons. The van der Waals surface area contributed by atoms with Crippen molar-refractivity contribution in [2.24, 2.45) is 0 Å². The molecule has 0 bridgehead atoms. The van der Waals surface area contributed by atoms with E-state index in [9.17, 15) is 4.79 Å². The van der Waals surface area contributed by atoms with Crippen LogP contribution in [0.1, 0.15) is 40.8 Å². The number of thiophene rings is 1. The second-order valence-electron chi connectivity index (χ2n) is 7.59. The van der Waals surface area contributed by atoms with Crippen LogP contribution in [-0.4, -0.2) is 5.78 Å². The van der Waals surface area contributed by atoms with E-state index in [-0.39, 0.29) is 17.7 Å². The van der Waals surface area contributed by atoms with Crippen molar-refractivity contribution in [1.29, 1.82) is 0 Å². The van der Waals surface area contributed by atoms with Gasteiger partial charge in [-0.2, -0.15) is 0 Å². The first kappa shape index (κ1) is 17.3. The number of aryl methyl sites for hydroxylation is 1. The third-order valence-corrected chi connectivity index (χ3v) is 6.70. The first-order chi connectivity index (χ1) is 13.7. The Morgan fingerprint density at radius 2 is 1.71 bits per heavy atom. The molecule has 2 heterocycles. The molecule has 28 heavy (non-hydrogen) atoms. The Kier molecular flexibility index (Phi) is 4.29. The van der Waals surface area contributed by atoms with Crippen LogP contribution in [0.15, 0.2) is 77.3 Å². The fraction of sp³-hybridized carbons (Fsp3) is 0.208. The number of para-hydroxylation sites is 2. The number of nitrogens with one attached hydrogen (secondary N) is 2. The molecule has 5 rings (SSSR count).